The molecule has 0 atom stereocenters. The molecule has 0 unspecified atom stereocenters. The number of nitrogens with one attached hydrogen (secondary N) is 1. The lowest BCUT2D eigenvalue weighted by Gasteiger charge is -2.31. The third kappa shape index (κ3) is 7.04. The normalized spacial score (nSPS) is 14.9. The van der Waals surface area contributed by atoms with E-state index in [-0.39, 0.29) is 17.7 Å². The molecule has 0 bridgehead atoms. The minimum atomic E-state index is 0.0167. The molecule has 26 heavy (non-hydrogen) atoms. The van der Waals surface area contributed by atoms with Gasteiger partial charge in [0.2, 0.25) is 11.8 Å². The van der Waals surface area contributed by atoms with Crippen LogP contribution in [0.15, 0.2) is 30.3 Å². The monoisotopic (exact) mass is 362 g/mol. The van der Waals surface area contributed by atoms with Gasteiger partial charge < -0.3 is 19.7 Å². The number of ether oxygens (including phenoxy) is 2. The highest BCUT2D eigenvalue weighted by Crippen LogP contribution is 2.18. The van der Waals surface area contributed by atoms with Crippen LogP contribution in [0.3, 0.4) is 0 Å². The van der Waals surface area contributed by atoms with Gasteiger partial charge in [-0.1, -0.05) is 18.2 Å². The smallest absolute Gasteiger partial charge is 0.223 e. The molecule has 1 aliphatic rings. The van der Waals surface area contributed by atoms with E-state index in [1.807, 2.05) is 35.2 Å². The number of benzene rings is 1. The number of methoxy groups -OCH3 is 1. The molecule has 1 fully saturated rings. The van der Waals surface area contributed by atoms with Crippen LogP contribution < -0.4 is 10.1 Å². The van der Waals surface area contributed by atoms with Crippen LogP contribution in [-0.4, -0.2) is 56.7 Å². The van der Waals surface area contributed by atoms with Crippen molar-refractivity contribution < 1.29 is 19.1 Å². The minimum absolute atomic E-state index is 0.0167. The lowest BCUT2D eigenvalue weighted by molar-refractivity contribution is -0.135. The molecule has 1 saturated heterocycles. The summed E-state index contributed by atoms with van der Waals surface area (Å²) in [6, 6.07) is 9.62. The molecule has 1 N–H and O–H groups in total. The van der Waals surface area contributed by atoms with Crippen LogP contribution in [0, 0.1) is 5.92 Å². The summed E-state index contributed by atoms with van der Waals surface area (Å²) in [6.45, 7) is 3.16. The molecule has 2 amide bonds. The van der Waals surface area contributed by atoms with Crippen molar-refractivity contribution in [2.75, 3.05) is 40.0 Å². The Labute approximate surface area is 155 Å². The fourth-order valence-electron chi connectivity index (χ4n) is 3.05. The van der Waals surface area contributed by atoms with Gasteiger partial charge in [-0.2, -0.15) is 0 Å². The molecule has 1 heterocycles. The Morgan fingerprint density at radius 1 is 1.12 bits per heavy atom. The molecule has 1 aliphatic heterocycles. The van der Waals surface area contributed by atoms with Crippen molar-refractivity contribution in [1.29, 1.82) is 0 Å². The first-order chi connectivity index (χ1) is 12.7. The van der Waals surface area contributed by atoms with Gasteiger partial charge in [0.25, 0.3) is 0 Å². The average molecular weight is 362 g/mol. The van der Waals surface area contributed by atoms with Crippen molar-refractivity contribution >= 4 is 11.8 Å². The fraction of sp³-hybridized carbons (Fsp3) is 0.600. The molecular weight excluding hydrogens is 332 g/mol. The van der Waals surface area contributed by atoms with Crippen molar-refractivity contribution in [3.05, 3.63) is 30.3 Å². The molecule has 6 nitrogen and oxygen atoms in total. The van der Waals surface area contributed by atoms with Gasteiger partial charge in [0.15, 0.2) is 0 Å². The first-order valence-electron chi connectivity index (χ1n) is 9.43. The summed E-state index contributed by atoms with van der Waals surface area (Å²) in [5.41, 5.74) is 0. The summed E-state index contributed by atoms with van der Waals surface area (Å²) < 4.78 is 10.6. The Morgan fingerprint density at radius 3 is 2.54 bits per heavy atom. The number of hydrogen-bond acceptors (Lipinski definition) is 4. The number of para-hydroxylation sites is 1. The number of amides is 2. The maximum Gasteiger partial charge on any atom is 0.223 e. The van der Waals surface area contributed by atoms with Gasteiger partial charge in [-0.25, -0.2) is 0 Å². The van der Waals surface area contributed by atoms with Crippen LogP contribution in [0.5, 0.6) is 5.75 Å². The molecule has 0 saturated carbocycles. The van der Waals surface area contributed by atoms with Crippen LogP contribution in [0.2, 0.25) is 0 Å². The largest absolute Gasteiger partial charge is 0.494 e. The zero-order chi connectivity index (χ0) is 18.6. The van der Waals surface area contributed by atoms with Crippen molar-refractivity contribution in [1.82, 2.24) is 10.2 Å². The number of hydrogen-bond donors (Lipinski definition) is 1. The SMILES string of the molecule is COCCCNC(=O)C1CCN(C(=O)CCCOc2ccccc2)CC1. The lowest BCUT2D eigenvalue weighted by Crippen LogP contribution is -2.43. The van der Waals surface area contributed by atoms with Crippen molar-refractivity contribution in [2.45, 2.75) is 32.1 Å². The van der Waals surface area contributed by atoms with Crippen LogP contribution in [0.4, 0.5) is 0 Å². The second-order valence-corrected chi connectivity index (χ2v) is 6.56. The van der Waals surface area contributed by atoms with E-state index in [1.54, 1.807) is 7.11 Å². The predicted molar refractivity (Wildman–Crippen MR) is 100.0 cm³/mol. The molecule has 0 spiro atoms. The van der Waals surface area contributed by atoms with E-state index in [4.69, 9.17) is 9.47 Å². The number of piperidine rings is 1. The predicted octanol–water partition coefficient (Wildman–Crippen LogP) is 2.24. The summed E-state index contributed by atoms with van der Waals surface area (Å²) in [6.07, 6.45) is 3.49. The summed E-state index contributed by atoms with van der Waals surface area (Å²) in [7, 11) is 1.66. The van der Waals surface area contributed by atoms with Gasteiger partial charge in [-0.05, 0) is 37.8 Å². The molecule has 1 aromatic carbocycles. The highest BCUT2D eigenvalue weighted by atomic mass is 16.5. The number of nitrogens with zero attached hydrogens (tertiary/aromatic N) is 1. The summed E-state index contributed by atoms with van der Waals surface area (Å²) in [5, 5.41) is 2.95. The number of likely N-dealkylation sites (tertiary alicyclic amines) is 1. The maximum atomic E-state index is 12.3. The molecular formula is C20H30N2O4. The summed E-state index contributed by atoms with van der Waals surface area (Å²) >= 11 is 0. The van der Waals surface area contributed by atoms with Gasteiger partial charge in [0.05, 0.1) is 6.61 Å². The zero-order valence-electron chi connectivity index (χ0n) is 15.6. The van der Waals surface area contributed by atoms with E-state index in [0.29, 0.717) is 45.7 Å². The summed E-state index contributed by atoms with van der Waals surface area (Å²) in [5.74, 6) is 1.10. The molecule has 6 heteroatoms. The summed E-state index contributed by atoms with van der Waals surface area (Å²) in [4.78, 5) is 26.3. The Kier molecular flexibility index (Phi) is 8.96. The fourth-order valence-corrected chi connectivity index (χ4v) is 3.05. The molecule has 2 rings (SSSR count). The van der Waals surface area contributed by atoms with Crippen LogP contribution in [0.25, 0.3) is 0 Å². The second-order valence-electron chi connectivity index (χ2n) is 6.56. The van der Waals surface area contributed by atoms with E-state index >= 15 is 0 Å². The van der Waals surface area contributed by atoms with Gasteiger partial charge in [-0.15, -0.1) is 0 Å². The highest BCUT2D eigenvalue weighted by molar-refractivity contribution is 5.80. The lowest BCUT2D eigenvalue weighted by atomic mass is 9.95. The van der Waals surface area contributed by atoms with E-state index in [2.05, 4.69) is 5.32 Å². The second kappa shape index (κ2) is 11.5. The van der Waals surface area contributed by atoms with Gasteiger partial charge in [0, 0.05) is 45.7 Å². The van der Waals surface area contributed by atoms with Crippen LogP contribution >= 0.6 is 0 Å². The van der Waals surface area contributed by atoms with Crippen molar-refractivity contribution in [3.8, 4) is 5.75 Å². The third-order valence-corrected chi connectivity index (χ3v) is 4.59. The molecule has 0 radical (unpaired) electrons. The average Bonchev–Trinajstić information content (AvgIpc) is 2.69. The Balaban J connectivity index is 1.58. The minimum Gasteiger partial charge on any atom is -0.494 e. The van der Waals surface area contributed by atoms with Gasteiger partial charge in [-0.3, -0.25) is 9.59 Å². The number of carbonyl (C=O) groups excluding carboxylic acids is 2. The number of rotatable bonds is 10. The Bertz CT molecular complexity index is 542. The first-order valence-corrected chi connectivity index (χ1v) is 9.43. The molecule has 1 aromatic rings. The van der Waals surface area contributed by atoms with Crippen LogP contribution in [0.1, 0.15) is 32.1 Å². The standard InChI is InChI=1S/C20H30N2O4/c1-25-15-6-12-21-20(24)17-10-13-22(14-11-17)19(23)9-5-16-26-18-7-3-2-4-8-18/h2-4,7-8,17H,5-6,9-16H2,1H3,(H,21,24). The maximum absolute atomic E-state index is 12.3. The zero-order valence-corrected chi connectivity index (χ0v) is 15.6. The molecule has 144 valence electrons. The van der Waals surface area contributed by atoms with Crippen molar-refractivity contribution in [2.24, 2.45) is 5.92 Å². The van der Waals surface area contributed by atoms with E-state index in [9.17, 15) is 9.59 Å². The highest BCUT2D eigenvalue weighted by Gasteiger charge is 2.26. The van der Waals surface area contributed by atoms with E-state index in [1.165, 1.54) is 0 Å². The van der Waals surface area contributed by atoms with Gasteiger partial charge >= 0.3 is 0 Å². The molecule has 0 aromatic heterocycles. The topological polar surface area (TPSA) is 67.9 Å². The quantitative estimate of drug-likeness (QED) is 0.648. The van der Waals surface area contributed by atoms with Gasteiger partial charge in [0.1, 0.15) is 5.75 Å². The van der Waals surface area contributed by atoms with Crippen LogP contribution in [-0.2, 0) is 14.3 Å². The third-order valence-electron chi connectivity index (χ3n) is 4.59. The Morgan fingerprint density at radius 2 is 1.85 bits per heavy atom. The molecule has 0 aliphatic carbocycles. The van der Waals surface area contributed by atoms with E-state index < -0.39 is 0 Å². The van der Waals surface area contributed by atoms with Crippen molar-refractivity contribution in [3.63, 3.8) is 0 Å². The Hall–Kier alpha value is -2.08. The first kappa shape index (κ1) is 20.2. The van der Waals surface area contributed by atoms with E-state index in [0.717, 1.165) is 25.0 Å². The number of carbonyl (C=O) groups is 2.